The van der Waals surface area contributed by atoms with Crippen LogP contribution >= 0.6 is 11.6 Å². The summed E-state index contributed by atoms with van der Waals surface area (Å²) >= 11 is 5.50. The third kappa shape index (κ3) is 1.56. The summed E-state index contributed by atoms with van der Waals surface area (Å²) in [5, 5.41) is 11.0. The van der Waals surface area contributed by atoms with Gasteiger partial charge in [0.05, 0.1) is 0 Å². The van der Waals surface area contributed by atoms with Crippen molar-refractivity contribution in [3.8, 4) is 0 Å². The fraction of sp³-hybridized carbons (Fsp3) is 0.125. The molecule has 0 aliphatic rings. The average molecular weight is 188 g/mol. The van der Waals surface area contributed by atoms with Crippen LogP contribution in [0.2, 0.25) is 0 Å². The lowest BCUT2D eigenvalue weighted by Crippen LogP contribution is -1.97. The van der Waals surface area contributed by atoms with E-state index >= 15 is 0 Å². The van der Waals surface area contributed by atoms with Crippen molar-refractivity contribution in [2.75, 3.05) is 0 Å². The molecule has 0 aliphatic carbocycles. The third-order valence-corrected chi connectivity index (χ3v) is 1.86. The minimum atomic E-state index is -0.366. The molecule has 1 aromatic rings. The maximum Gasteiger partial charge on any atom is 0.175 e. The van der Waals surface area contributed by atoms with E-state index in [9.17, 15) is 4.39 Å². The summed E-state index contributed by atoms with van der Waals surface area (Å²) in [4.78, 5) is 0. The number of halogens is 2. The molecule has 0 unspecified atom stereocenters. The van der Waals surface area contributed by atoms with Crippen molar-refractivity contribution in [2.24, 2.45) is 5.16 Å². The number of hydrogen-bond acceptors (Lipinski definition) is 2. The highest BCUT2D eigenvalue weighted by Gasteiger charge is 2.07. The zero-order valence-corrected chi connectivity index (χ0v) is 7.14. The Kier molecular flexibility index (Phi) is 2.65. The minimum Gasteiger partial charge on any atom is -0.410 e. The minimum absolute atomic E-state index is 0.105. The zero-order valence-electron chi connectivity index (χ0n) is 6.38. The Morgan fingerprint density at radius 2 is 2.25 bits per heavy atom. The van der Waals surface area contributed by atoms with Crippen molar-refractivity contribution in [2.45, 2.75) is 6.92 Å². The molecular weight excluding hydrogens is 181 g/mol. The van der Waals surface area contributed by atoms with Gasteiger partial charge in [-0.1, -0.05) is 28.9 Å². The van der Waals surface area contributed by atoms with Gasteiger partial charge in [0.2, 0.25) is 0 Å². The van der Waals surface area contributed by atoms with E-state index in [-0.39, 0.29) is 11.0 Å². The molecular formula is C8H7ClFNO. The summed E-state index contributed by atoms with van der Waals surface area (Å²) in [6.45, 7) is 1.57. The Bertz CT molecular complexity index is 325. The van der Waals surface area contributed by atoms with Gasteiger partial charge in [-0.25, -0.2) is 4.39 Å². The lowest BCUT2D eigenvalue weighted by atomic mass is 10.1. The van der Waals surface area contributed by atoms with Crippen LogP contribution in [0, 0.1) is 12.7 Å². The molecule has 0 saturated heterocycles. The fourth-order valence-corrected chi connectivity index (χ4v) is 1.09. The molecule has 12 heavy (non-hydrogen) atoms. The van der Waals surface area contributed by atoms with Gasteiger partial charge in [-0.15, -0.1) is 0 Å². The molecule has 1 rings (SSSR count). The molecule has 0 heterocycles. The standard InChI is InChI=1S/C8H7ClFNO/c1-5-6(8(9)11-12)3-2-4-7(5)10/h2-4,12H,1H3/b11-8-. The normalized spacial score (nSPS) is 11.8. The van der Waals surface area contributed by atoms with Gasteiger partial charge in [-0.3, -0.25) is 0 Å². The third-order valence-electron chi connectivity index (χ3n) is 1.58. The molecule has 0 aromatic heterocycles. The maximum absolute atomic E-state index is 12.9. The van der Waals surface area contributed by atoms with E-state index < -0.39 is 0 Å². The van der Waals surface area contributed by atoms with Crippen molar-refractivity contribution < 1.29 is 9.60 Å². The summed E-state index contributed by atoms with van der Waals surface area (Å²) in [7, 11) is 0. The second kappa shape index (κ2) is 3.54. The molecule has 0 radical (unpaired) electrons. The summed E-state index contributed by atoms with van der Waals surface area (Å²) < 4.78 is 12.9. The molecule has 0 aliphatic heterocycles. The highest BCUT2D eigenvalue weighted by atomic mass is 35.5. The first kappa shape index (κ1) is 9.00. The lowest BCUT2D eigenvalue weighted by Gasteiger charge is -2.01. The Hall–Kier alpha value is -1.09. The molecule has 0 saturated carbocycles. The van der Waals surface area contributed by atoms with Crippen LogP contribution in [-0.2, 0) is 0 Å². The van der Waals surface area contributed by atoms with E-state index in [0.29, 0.717) is 11.1 Å². The van der Waals surface area contributed by atoms with Crippen LogP contribution < -0.4 is 0 Å². The first-order chi connectivity index (χ1) is 5.66. The van der Waals surface area contributed by atoms with Gasteiger partial charge in [0.15, 0.2) is 5.17 Å². The number of rotatable bonds is 1. The van der Waals surface area contributed by atoms with E-state index in [2.05, 4.69) is 5.16 Å². The van der Waals surface area contributed by atoms with Crippen LogP contribution in [0.1, 0.15) is 11.1 Å². The number of benzene rings is 1. The SMILES string of the molecule is Cc1c(F)cccc1/C(Cl)=N/O. The second-order valence-corrected chi connectivity index (χ2v) is 2.66. The number of oxime groups is 1. The largest absolute Gasteiger partial charge is 0.410 e. The quantitative estimate of drug-likeness (QED) is 0.409. The van der Waals surface area contributed by atoms with Crippen molar-refractivity contribution in [1.29, 1.82) is 0 Å². The first-order valence-corrected chi connectivity index (χ1v) is 3.67. The van der Waals surface area contributed by atoms with E-state index in [1.807, 2.05) is 0 Å². The van der Waals surface area contributed by atoms with Crippen LogP contribution in [0.3, 0.4) is 0 Å². The number of nitrogens with zero attached hydrogens (tertiary/aromatic N) is 1. The molecule has 4 heteroatoms. The van der Waals surface area contributed by atoms with E-state index in [1.165, 1.54) is 12.1 Å². The maximum atomic E-state index is 12.9. The zero-order chi connectivity index (χ0) is 9.14. The Morgan fingerprint density at radius 1 is 1.58 bits per heavy atom. The summed E-state index contributed by atoms with van der Waals surface area (Å²) in [5.74, 6) is -0.366. The van der Waals surface area contributed by atoms with Crippen LogP contribution in [0.5, 0.6) is 0 Å². The topological polar surface area (TPSA) is 32.6 Å². The summed E-state index contributed by atoms with van der Waals surface area (Å²) in [6.07, 6.45) is 0. The van der Waals surface area contributed by atoms with Crippen LogP contribution in [0.4, 0.5) is 4.39 Å². The lowest BCUT2D eigenvalue weighted by molar-refractivity contribution is 0.321. The van der Waals surface area contributed by atoms with Crippen LogP contribution in [0.25, 0.3) is 0 Å². The molecule has 0 atom stereocenters. The van der Waals surface area contributed by atoms with Crippen LogP contribution in [0.15, 0.2) is 23.4 Å². The first-order valence-electron chi connectivity index (χ1n) is 3.30. The molecule has 0 fully saturated rings. The number of hydrogen-bond donors (Lipinski definition) is 1. The molecule has 0 bridgehead atoms. The highest BCUT2D eigenvalue weighted by molar-refractivity contribution is 6.69. The van der Waals surface area contributed by atoms with Gasteiger partial charge in [0.25, 0.3) is 0 Å². The monoisotopic (exact) mass is 187 g/mol. The van der Waals surface area contributed by atoms with Crippen molar-refractivity contribution in [1.82, 2.24) is 0 Å². The highest BCUT2D eigenvalue weighted by Crippen LogP contribution is 2.14. The molecule has 2 nitrogen and oxygen atoms in total. The molecule has 1 aromatic carbocycles. The second-order valence-electron chi connectivity index (χ2n) is 2.30. The van der Waals surface area contributed by atoms with Gasteiger partial charge in [0, 0.05) is 5.56 Å². The molecule has 0 spiro atoms. The van der Waals surface area contributed by atoms with Crippen molar-refractivity contribution >= 4 is 16.8 Å². The summed E-state index contributed by atoms with van der Waals surface area (Å²) in [5.41, 5.74) is 0.777. The Labute approximate surface area is 74.3 Å². The Morgan fingerprint density at radius 3 is 2.83 bits per heavy atom. The smallest absolute Gasteiger partial charge is 0.175 e. The van der Waals surface area contributed by atoms with E-state index in [1.54, 1.807) is 13.0 Å². The van der Waals surface area contributed by atoms with Gasteiger partial charge >= 0.3 is 0 Å². The van der Waals surface area contributed by atoms with Gasteiger partial charge in [-0.2, -0.15) is 0 Å². The predicted octanol–water partition coefficient (Wildman–Crippen LogP) is 2.51. The van der Waals surface area contributed by atoms with Crippen LogP contribution in [-0.4, -0.2) is 10.4 Å². The average Bonchev–Trinajstić information content (AvgIpc) is 2.08. The van der Waals surface area contributed by atoms with Gasteiger partial charge in [0.1, 0.15) is 5.82 Å². The Balaban J connectivity index is 3.26. The molecule has 1 N–H and O–H groups in total. The molecule has 64 valence electrons. The van der Waals surface area contributed by atoms with Gasteiger partial charge < -0.3 is 5.21 Å². The molecule has 0 amide bonds. The fourth-order valence-electron chi connectivity index (χ4n) is 0.885. The van der Waals surface area contributed by atoms with E-state index in [4.69, 9.17) is 16.8 Å². The predicted molar refractivity (Wildman–Crippen MR) is 45.3 cm³/mol. The van der Waals surface area contributed by atoms with Crippen molar-refractivity contribution in [3.63, 3.8) is 0 Å². The summed E-state index contributed by atoms with van der Waals surface area (Å²) in [6, 6.07) is 4.41. The van der Waals surface area contributed by atoms with Crippen molar-refractivity contribution in [3.05, 3.63) is 35.1 Å². The van der Waals surface area contributed by atoms with E-state index in [0.717, 1.165) is 0 Å². The van der Waals surface area contributed by atoms with Gasteiger partial charge in [-0.05, 0) is 18.6 Å².